The maximum Gasteiger partial charge on any atom is 0.295 e. The maximum atomic E-state index is 6.57. The molecule has 1 aromatic heterocycles. The van der Waals surface area contributed by atoms with E-state index in [1.54, 1.807) is 0 Å². The van der Waals surface area contributed by atoms with E-state index < -0.39 is 8.32 Å². The lowest BCUT2D eigenvalue weighted by molar-refractivity contribution is 0.106. The number of ether oxygens (including phenoxy) is 1. The summed E-state index contributed by atoms with van der Waals surface area (Å²) < 4.78 is 12.3. The van der Waals surface area contributed by atoms with Gasteiger partial charge >= 0.3 is 0 Å². The Bertz CT molecular complexity index is 473. The van der Waals surface area contributed by atoms with Gasteiger partial charge in [-0.05, 0) is 42.3 Å². The average molecular weight is 330 g/mol. The number of aromatic nitrogens is 2. The summed E-state index contributed by atoms with van der Waals surface area (Å²) in [6.07, 6.45) is 3.83. The number of nitrogen functional groups attached to an aromatic ring is 1. The number of hydrogen-bond donors (Lipinski definition) is 1. The predicted octanol–water partition coefficient (Wildman–Crippen LogP) is 3.69. The first kappa shape index (κ1) is 16.7. The Labute approximate surface area is 132 Å². The summed E-state index contributed by atoms with van der Waals surface area (Å²) in [6.45, 7) is 12.1. The average Bonchev–Trinajstić information content (AvgIpc) is 2.94. The topological polar surface area (TPSA) is 70.3 Å². The Balaban J connectivity index is 1.91. The molecule has 2 N–H and O–H groups in total. The predicted molar refractivity (Wildman–Crippen MR) is 89.2 cm³/mol. The first-order valence-electron chi connectivity index (χ1n) is 7.58. The van der Waals surface area contributed by atoms with E-state index in [-0.39, 0.29) is 5.04 Å². The van der Waals surface area contributed by atoms with Crippen LogP contribution >= 0.6 is 11.3 Å². The fourth-order valence-electron chi connectivity index (χ4n) is 2.36. The third-order valence-electron chi connectivity index (χ3n) is 4.68. The zero-order valence-electron chi connectivity index (χ0n) is 13.7. The second-order valence-electron chi connectivity index (χ2n) is 7.32. The summed E-state index contributed by atoms with van der Waals surface area (Å²) >= 11 is 1.29. The van der Waals surface area contributed by atoms with Gasteiger partial charge in [0.05, 0.1) is 12.7 Å². The quantitative estimate of drug-likeness (QED) is 0.834. The summed E-state index contributed by atoms with van der Waals surface area (Å²) in [6, 6.07) is 0. The minimum Gasteiger partial charge on any atom is -0.469 e. The Morgan fingerprint density at radius 3 is 2.57 bits per heavy atom. The van der Waals surface area contributed by atoms with Gasteiger partial charge in [-0.1, -0.05) is 32.3 Å². The SMILES string of the molecule is CC(C)(C)[Si](C)(C)OC1CCC[C@@H]1COc1nnc(N)s1. The van der Waals surface area contributed by atoms with Crippen LogP contribution in [0.2, 0.25) is 18.1 Å². The molecular weight excluding hydrogens is 302 g/mol. The molecule has 120 valence electrons. The first-order valence-corrected chi connectivity index (χ1v) is 11.3. The smallest absolute Gasteiger partial charge is 0.295 e. The standard InChI is InChI=1S/C14H27N3O2SSi/c1-14(2,3)21(4,5)19-11-8-6-7-10(11)9-18-13-17-16-12(15)20-13/h10-11H,6-9H2,1-5H3,(H2,15,16)/t10-,11?/m1/s1. The molecule has 1 saturated carbocycles. The van der Waals surface area contributed by atoms with Gasteiger partial charge in [-0.3, -0.25) is 0 Å². The van der Waals surface area contributed by atoms with Gasteiger partial charge in [0.1, 0.15) is 0 Å². The maximum absolute atomic E-state index is 6.57. The second-order valence-corrected chi connectivity index (χ2v) is 13.1. The molecule has 1 aliphatic rings. The zero-order valence-corrected chi connectivity index (χ0v) is 15.5. The number of rotatable bonds is 5. The molecule has 1 fully saturated rings. The molecule has 0 bridgehead atoms. The molecule has 2 rings (SSSR count). The minimum absolute atomic E-state index is 0.245. The van der Waals surface area contributed by atoms with Gasteiger partial charge in [0.2, 0.25) is 5.13 Å². The van der Waals surface area contributed by atoms with Crippen LogP contribution in [-0.4, -0.2) is 31.2 Å². The van der Waals surface area contributed by atoms with Crippen LogP contribution in [0, 0.1) is 5.92 Å². The van der Waals surface area contributed by atoms with Crippen LogP contribution in [0.3, 0.4) is 0 Å². The summed E-state index contributed by atoms with van der Waals surface area (Å²) in [5.41, 5.74) is 5.57. The van der Waals surface area contributed by atoms with Gasteiger partial charge in [-0.25, -0.2) is 0 Å². The van der Waals surface area contributed by atoms with Crippen molar-refractivity contribution in [2.24, 2.45) is 5.92 Å². The lowest BCUT2D eigenvalue weighted by Crippen LogP contribution is -2.45. The Morgan fingerprint density at radius 2 is 2.00 bits per heavy atom. The Kier molecular flexibility index (Phi) is 4.95. The highest BCUT2D eigenvalue weighted by atomic mass is 32.1. The van der Waals surface area contributed by atoms with Gasteiger partial charge in [-0.2, -0.15) is 0 Å². The molecule has 7 heteroatoms. The van der Waals surface area contributed by atoms with Gasteiger partial charge in [0.15, 0.2) is 8.32 Å². The minimum atomic E-state index is -1.72. The lowest BCUT2D eigenvalue weighted by atomic mass is 10.1. The second kappa shape index (κ2) is 6.22. The van der Waals surface area contributed by atoms with Crippen molar-refractivity contribution >= 4 is 24.8 Å². The van der Waals surface area contributed by atoms with Crippen molar-refractivity contribution < 1.29 is 9.16 Å². The van der Waals surface area contributed by atoms with Crippen LogP contribution in [0.5, 0.6) is 5.19 Å². The Hall–Kier alpha value is -0.663. The van der Waals surface area contributed by atoms with E-state index in [1.807, 2.05) is 0 Å². The van der Waals surface area contributed by atoms with Gasteiger partial charge < -0.3 is 14.9 Å². The van der Waals surface area contributed by atoms with Crippen LogP contribution in [0.4, 0.5) is 5.13 Å². The molecule has 5 nitrogen and oxygen atoms in total. The molecule has 2 atom stereocenters. The third-order valence-corrected chi connectivity index (χ3v) is 9.85. The molecule has 0 aliphatic heterocycles. The summed E-state index contributed by atoms with van der Waals surface area (Å²) in [5.74, 6) is 0.448. The molecule has 1 heterocycles. The van der Waals surface area contributed by atoms with E-state index in [0.717, 1.165) is 12.8 Å². The van der Waals surface area contributed by atoms with E-state index >= 15 is 0 Å². The van der Waals surface area contributed by atoms with Crippen molar-refractivity contribution in [2.75, 3.05) is 12.3 Å². The van der Waals surface area contributed by atoms with Crippen molar-refractivity contribution in [1.82, 2.24) is 10.2 Å². The largest absolute Gasteiger partial charge is 0.469 e. The van der Waals surface area contributed by atoms with E-state index in [9.17, 15) is 0 Å². The molecule has 1 aliphatic carbocycles. The van der Waals surface area contributed by atoms with Crippen LogP contribution in [0.25, 0.3) is 0 Å². The molecule has 0 aromatic carbocycles. The number of anilines is 1. The van der Waals surface area contributed by atoms with Gasteiger partial charge in [0, 0.05) is 5.92 Å². The molecule has 1 aromatic rings. The van der Waals surface area contributed by atoms with Crippen molar-refractivity contribution in [3.8, 4) is 5.19 Å². The molecule has 0 saturated heterocycles. The lowest BCUT2D eigenvalue weighted by Gasteiger charge is -2.39. The van der Waals surface area contributed by atoms with Crippen molar-refractivity contribution in [1.29, 1.82) is 0 Å². The van der Waals surface area contributed by atoms with E-state index in [2.05, 4.69) is 44.1 Å². The van der Waals surface area contributed by atoms with Crippen LogP contribution in [0.1, 0.15) is 40.0 Å². The van der Waals surface area contributed by atoms with E-state index in [4.69, 9.17) is 14.9 Å². The highest BCUT2D eigenvalue weighted by molar-refractivity contribution is 7.16. The monoisotopic (exact) mass is 329 g/mol. The zero-order chi connectivity index (χ0) is 15.7. The van der Waals surface area contributed by atoms with E-state index in [0.29, 0.717) is 29.0 Å². The molecule has 0 spiro atoms. The van der Waals surface area contributed by atoms with Crippen LogP contribution in [0.15, 0.2) is 0 Å². The van der Waals surface area contributed by atoms with Gasteiger partial charge in [-0.15, -0.1) is 5.10 Å². The molecule has 21 heavy (non-hydrogen) atoms. The van der Waals surface area contributed by atoms with Crippen molar-refractivity contribution in [3.05, 3.63) is 0 Å². The number of nitrogens with two attached hydrogens (primary N) is 1. The third kappa shape index (κ3) is 4.17. The normalized spacial score (nSPS) is 23.5. The summed E-state index contributed by atoms with van der Waals surface area (Å²) in [4.78, 5) is 0. The van der Waals surface area contributed by atoms with Crippen molar-refractivity contribution in [2.45, 2.75) is 64.3 Å². The summed E-state index contributed by atoms with van der Waals surface area (Å²) in [7, 11) is -1.72. The van der Waals surface area contributed by atoms with Crippen LogP contribution < -0.4 is 10.5 Å². The van der Waals surface area contributed by atoms with Crippen molar-refractivity contribution in [3.63, 3.8) is 0 Å². The molecule has 0 amide bonds. The molecule has 1 unspecified atom stereocenters. The first-order chi connectivity index (χ1) is 9.69. The Morgan fingerprint density at radius 1 is 1.29 bits per heavy atom. The number of hydrogen-bond acceptors (Lipinski definition) is 6. The number of nitrogens with zero attached hydrogens (tertiary/aromatic N) is 2. The summed E-state index contributed by atoms with van der Waals surface area (Å²) in [5, 5.41) is 8.93. The fourth-order valence-corrected chi connectivity index (χ4v) is 4.25. The fraction of sp³-hybridized carbons (Fsp3) is 0.857. The molecule has 0 radical (unpaired) electrons. The highest BCUT2D eigenvalue weighted by Crippen LogP contribution is 2.41. The van der Waals surface area contributed by atoms with E-state index in [1.165, 1.54) is 17.8 Å². The highest BCUT2D eigenvalue weighted by Gasteiger charge is 2.42. The molecular formula is C14H27N3O2SSi. The van der Waals surface area contributed by atoms with Gasteiger partial charge in [0.25, 0.3) is 5.19 Å². The van der Waals surface area contributed by atoms with Crippen LogP contribution in [-0.2, 0) is 4.43 Å².